The number of nitrogens with zero attached hydrogens (tertiary/aromatic N) is 5. The number of rotatable bonds is 6. The highest BCUT2D eigenvalue weighted by atomic mass is 35.5. The summed E-state index contributed by atoms with van der Waals surface area (Å²) in [5, 5.41) is 15.2. The van der Waals surface area contributed by atoms with Crippen molar-refractivity contribution in [2.24, 2.45) is 11.7 Å². The molecule has 1 saturated heterocycles. The number of halogens is 2. The van der Waals surface area contributed by atoms with Crippen molar-refractivity contribution in [1.82, 2.24) is 30.4 Å². The Morgan fingerprint density at radius 3 is 2.73 bits per heavy atom. The first-order chi connectivity index (χ1) is 15.9. The third-order valence-corrected chi connectivity index (χ3v) is 6.70. The fourth-order valence-corrected chi connectivity index (χ4v) is 4.90. The highest BCUT2D eigenvalue weighted by molar-refractivity contribution is 6.31. The average Bonchev–Trinajstić information content (AvgIpc) is 3.20. The number of piperidine rings is 1. The second kappa shape index (κ2) is 8.74. The lowest BCUT2D eigenvalue weighted by atomic mass is 10.0. The number of hydrogen-bond donors (Lipinski definition) is 2. The van der Waals surface area contributed by atoms with E-state index in [2.05, 4.69) is 20.8 Å². The van der Waals surface area contributed by atoms with E-state index in [-0.39, 0.29) is 24.4 Å². The van der Waals surface area contributed by atoms with E-state index in [0.717, 1.165) is 12.0 Å². The van der Waals surface area contributed by atoms with Crippen LogP contribution in [0.5, 0.6) is 0 Å². The van der Waals surface area contributed by atoms with Crippen LogP contribution >= 0.6 is 23.2 Å². The Bertz CT molecular complexity index is 1200. The number of amides is 2. The summed E-state index contributed by atoms with van der Waals surface area (Å²) >= 11 is 12.2. The number of aromatic nitrogens is 4. The molecule has 2 aliphatic rings. The minimum atomic E-state index is -0.877. The molecule has 33 heavy (non-hydrogen) atoms. The minimum Gasteiger partial charge on any atom is -0.350 e. The molecule has 4 atom stereocenters. The van der Waals surface area contributed by atoms with Crippen molar-refractivity contribution in [2.75, 3.05) is 0 Å². The maximum Gasteiger partial charge on any atom is 0.245 e. The second-order valence-electron chi connectivity index (χ2n) is 8.34. The Balaban J connectivity index is 1.31. The van der Waals surface area contributed by atoms with Crippen molar-refractivity contribution >= 4 is 35.0 Å². The third kappa shape index (κ3) is 4.31. The maximum atomic E-state index is 13.3. The van der Waals surface area contributed by atoms with E-state index >= 15 is 0 Å². The van der Waals surface area contributed by atoms with Gasteiger partial charge in [-0.25, -0.2) is 4.68 Å². The number of nitrogens with two attached hydrogens (primary N) is 1. The normalized spacial score (nSPS) is 22.0. The van der Waals surface area contributed by atoms with Crippen LogP contribution in [-0.2, 0) is 16.1 Å². The van der Waals surface area contributed by atoms with E-state index in [1.54, 1.807) is 47.4 Å². The molecule has 3 N–H and O–H groups in total. The van der Waals surface area contributed by atoms with Gasteiger partial charge in [0.25, 0.3) is 0 Å². The van der Waals surface area contributed by atoms with Gasteiger partial charge in [0.1, 0.15) is 18.4 Å². The van der Waals surface area contributed by atoms with Gasteiger partial charge in [-0.2, -0.15) is 0 Å². The number of fused-ring (bicyclic) bond motifs is 1. The maximum absolute atomic E-state index is 13.3. The number of tetrazole rings is 1. The average molecular weight is 486 g/mol. The molecule has 170 valence electrons. The van der Waals surface area contributed by atoms with Crippen molar-refractivity contribution in [3.63, 3.8) is 0 Å². The van der Waals surface area contributed by atoms with Crippen LogP contribution in [0.4, 0.5) is 0 Å². The minimum absolute atomic E-state index is 0.0569. The highest BCUT2D eigenvalue weighted by Crippen LogP contribution is 2.48. The molecule has 1 aliphatic heterocycles. The molecule has 2 heterocycles. The van der Waals surface area contributed by atoms with Crippen LogP contribution in [0.25, 0.3) is 5.69 Å². The number of nitrogens with one attached hydrogen (secondary N) is 1. The fraction of sp³-hybridized carbons (Fsp3) is 0.318. The van der Waals surface area contributed by atoms with Crippen LogP contribution in [0.15, 0.2) is 48.8 Å². The first-order valence-electron chi connectivity index (χ1n) is 10.5. The molecule has 2 amide bonds. The third-order valence-electron chi connectivity index (χ3n) is 6.23. The second-order valence-corrected chi connectivity index (χ2v) is 9.21. The number of carbonyl (C=O) groups is 2. The van der Waals surface area contributed by atoms with Gasteiger partial charge in [-0.3, -0.25) is 9.59 Å². The quantitative estimate of drug-likeness (QED) is 0.552. The van der Waals surface area contributed by atoms with Crippen LogP contribution in [0.1, 0.15) is 30.0 Å². The van der Waals surface area contributed by atoms with E-state index in [9.17, 15) is 9.59 Å². The lowest BCUT2D eigenvalue weighted by molar-refractivity contribution is -0.140. The zero-order valence-corrected chi connectivity index (χ0v) is 18.9. The Labute approximate surface area is 199 Å². The Morgan fingerprint density at radius 1 is 1.15 bits per heavy atom. The zero-order chi connectivity index (χ0) is 23.1. The standard InChI is InChI=1S/C22H21Cl2N7O2/c23-15-3-1-2-12(6-15)20(25)22(33)31-18-8-13(18)9-19(31)21(32)26-10-14-7-16(24)4-5-17(14)30-11-27-28-29-30/h1-7,11,13,18-20H,8-10,25H2,(H,26,32)/t13-,18-,19-,20+/m0/s1. The predicted octanol–water partition coefficient (Wildman–Crippen LogP) is 2.27. The summed E-state index contributed by atoms with van der Waals surface area (Å²) in [5.74, 6) is -0.157. The van der Waals surface area contributed by atoms with Gasteiger partial charge in [-0.05, 0) is 70.6 Å². The Morgan fingerprint density at radius 2 is 1.97 bits per heavy atom. The lowest BCUT2D eigenvalue weighted by Crippen LogP contribution is -2.50. The van der Waals surface area contributed by atoms with E-state index in [0.29, 0.717) is 33.6 Å². The Hall–Kier alpha value is -3.01. The summed E-state index contributed by atoms with van der Waals surface area (Å²) in [6, 6.07) is 10.8. The van der Waals surface area contributed by atoms with Crippen molar-refractivity contribution in [3.05, 3.63) is 70.0 Å². The number of likely N-dealkylation sites (tertiary alicyclic amines) is 1. The van der Waals surface area contributed by atoms with Crippen LogP contribution in [0.2, 0.25) is 10.0 Å². The summed E-state index contributed by atoms with van der Waals surface area (Å²) in [6.45, 7) is 0.211. The van der Waals surface area contributed by atoms with Crippen LogP contribution in [0, 0.1) is 5.92 Å². The molecule has 2 fully saturated rings. The molecule has 9 nitrogen and oxygen atoms in total. The molecule has 1 aliphatic carbocycles. The van der Waals surface area contributed by atoms with Gasteiger partial charge >= 0.3 is 0 Å². The van der Waals surface area contributed by atoms with E-state index in [1.807, 2.05) is 0 Å². The molecule has 0 spiro atoms. The lowest BCUT2D eigenvalue weighted by Gasteiger charge is -2.29. The smallest absolute Gasteiger partial charge is 0.245 e. The molecule has 0 bridgehead atoms. The first kappa shape index (κ1) is 21.8. The molecular weight excluding hydrogens is 465 g/mol. The Kier molecular flexibility index (Phi) is 5.77. The predicted molar refractivity (Wildman–Crippen MR) is 122 cm³/mol. The SMILES string of the molecule is N[C@@H](C(=O)N1[C@H](C(=O)NCc2cc(Cl)ccc2-n2cnnn2)C[C@@H]2C[C@@H]21)c1cccc(Cl)c1. The van der Waals surface area contributed by atoms with E-state index in [4.69, 9.17) is 28.9 Å². The first-order valence-corrected chi connectivity index (χ1v) is 11.3. The summed E-state index contributed by atoms with van der Waals surface area (Å²) in [6.07, 6.45) is 2.99. The van der Waals surface area contributed by atoms with Gasteiger partial charge in [0.2, 0.25) is 11.8 Å². The zero-order valence-electron chi connectivity index (χ0n) is 17.4. The van der Waals surface area contributed by atoms with Crippen LogP contribution < -0.4 is 11.1 Å². The van der Waals surface area contributed by atoms with Crippen molar-refractivity contribution < 1.29 is 9.59 Å². The molecule has 3 aromatic rings. The molecule has 0 unspecified atom stereocenters. The molecule has 11 heteroatoms. The molecule has 1 saturated carbocycles. The van der Waals surface area contributed by atoms with Gasteiger partial charge in [-0.1, -0.05) is 35.3 Å². The highest BCUT2D eigenvalue weighted by Gasteiger charge is 2.56. The monoisotopic (exact) mass is 485 g/mol. The van der Waals surface area contributed by atoms with Gasteiger partial charge in [0.05, 0.1) is 5.69 Å². The van der Waals surface area contributed by atoms with Crippen molar-refractivity contribution in [1.29, 1.82) is 0 Å². The number of carbonyl (C=O) groups excluding carboxylic acids is 2. The van der Waals surface area contributed by atoms with Gasteiger partial charge in [-0.15, -0.1) is 5.10 Å². The topological polar surface area (TPSA) is 119 Å². The van der Waals surface area contributed by atoms with Crippen LogP contribution in [0.3, 0.4) is 0 Å². The number of benzene rings is 2. The van der Waals surface area contributed by atoms with Gasteiger partial charge in [0.15, 0.2) is 0 Å². The molecule has 1 aromatic heterocycles. The largest absolute Gasteiger partial charge is 0.350 e. The van der Waals surface area contributed by atoms with Crippen molar-refractivity contribution in [2.45, 2.75) is 37.5 Å². The summed E-state index contributed by atoms with van der Waals surface area (Å²) in [5.41, 5.74) is 8.35. The molecule has 0 radical (unpaired) electrons. The summed E-state index contributed by atoms with van der Waals surface area (Å²) < 4.78 is 1.50. The van der Waals surface area contributed by atoms with Crippen molar-refractivity contribution in [3.8, 4) is 5.69 Å². The molecular formula is C22H21Cl2N7O2. The van der Waals surface area contributed by atoms with Crippen LogP contribution in [-0.4, -0.2) is 49.0 Å². The van der Waals surface area contributed by atoms with Gasteiger partial charge < -0.3 is 16.0 Å². The molecule has 5 rings (SSSR count). The van der Waals surface area contributed by atoms with Gasteiger partial charge in [0, 0.05) is 22.6 Å². The fourth-order valence-electron chi connectivity index (χ4n) is 4.50. The summed E-state index contributed by atoms with van der Waals surface area (Å²) in [4.78, 5) is 28.1. The number of hydrogen-bond acceptors (Lipinski definition) is 6. The van der Waals surface area contributed by atoms with E-state index < -0.39 is 12.1 Å². The summed E-state index contributed by atoms with van der Waals surface area (Å²) in [7, 11) is 0. The van der Waals surface area contributed by atoms with E-state index in [1.165, 1.54) is 11.0 Å². The molecule has 2 aromatic carbocycles.